The topological polar surface area (TPSA) is 36.9 Å². The largest absolute Gasteiger partial charge is 0.493 e. The van der Waals surface area contributed by atoms with Crippen molar-refractivity contribution in [1.82, 2.24) is 0 Å². The first-order chi connectivity index (χ1) is 12.1. The van der Waals surface area contributed by atoms with Gasteiger partial charge in [0, 0.05) is 11.5 Å². The highest BCUT2D eigenvalue weighted by Crippen LogP contribution is 2.52. The van der Waals surface area contributed by atoms with Gasteiger partial charge in [-0.05, 0) is 47.6 Å². The summed E-state index contributed by atoms with van der Waals surface area (Å²) in [6.07, 6.45) is 1.07. The van der Waals surface area contributed by atoms with Gasteiger partial charge in [-0.3, -0.25) is 0 Å². The molecule has 0 N–H and O–H groups in total. The molecule has 0 bridgehead atoms. The van der Waals surface area contributed by atoms with Gasteiger partial charge in [0.15, 0.2) is 23.0 Å². The molecule has 0 unspecified atom stereocenters. The quantitative estimate of drug-likeness (QED) is 0.830. The molecule has 2 aliphatic rings. The summed E-state index contributed by atoms with van der Waals surface area (Å²) in [7, 11) is 3.34. The first kappa shape index (κ1) is 16.1. The third-order valence-corrected chi connectivity index (χ3v) is 5.71. The summed E-state index contributed by atoms with van der Waals surface area (Å²) in [5, 5.41) is 0. The summed E-state index contributed by atoms with van der Waals surface area (Å²) in [6.45, 7) is 4.95. The second-order valence-corrected chi connectivity index (χ2v) is 7.00. The Morgan fingerprint density at radius 3 is 2.52 bits per heavy atom. The van der Waals surface area contributed by atoms with E-state index < -0.39 is 0 Å². The molecular weight excluding hydrogens is 316 g/mol. The number of rotatable bonds is 3. The Hall–Kier alpha value is -2.36. The van der Waals surface area contributed by atoms with Crippen LogP contribution in [0, 0.1) is 11.8 Å². The van der Waals surface area contributed by atoms with Crippen molar-refractivity contribution in [2.45, 2.75) is 26.2 Å². The van der Waals surface area contributed by atoms with Crippen LogP contribution in [0.5, 0.6) is 23.0 Å². The number of hydrogen-bond donors (Lipinski definition) is 0. The van der Waals surface area contributed by atoms with Crippen molar-refractivity contribution in [3.8, 4) is 23.0 Å². The molecule has 0 aromatic heterocycles. The Morgan fingerprint density at radius 2 is 1.76 bits per heavy atom. The number of ether oxygens (including phenoxy) is 4. The van der Waals surface area contributed by atoms with Gasteiger partial charge in [-0.1, -0.05) is 26.0 Å². The number of benzene rings is 2. The molecule has 25 heavy (non-hydrogen) atoms. The lowest BCUT2D eigenvalue weighted by Gasteiger charge is -2.37. The third-order valence-electron chi connectivity index (χ3n) is 5.71. The molecule has 3 atom stereocenters. The third kappa shape index (κ3) is 2.51. The summed E-state index contributed by atoms with van der Waals surface area (Å²) in [5.41, 5.74) is 3.85. The van der Waals surface area contributed by atoms with E-state index in [1.165, 1.54) is 16.7 Å². The molecule has 0 radical (unpaired) electrons. The molecule has 0 fully saturated rings. The minimum absolute atomic E-state index is 0.246. The fraction of sp³-hybridized carbons (Fsp3) is 0.429. The van der Waals surface area contributed by atoms with E-state index in [-0.39, 0.29) is 5.92 Å². The highest BCUT2D eigenvalue weighted by molar-refractivity contribution is 5.58. The van der Waals surface area contributed by atoms with Crippen molar-refractivity contribution in [1.29, 1.82) is 0 Å². The fourth-order valence-electron chi connectivity index (χ4n) is 4.19. The van der Waals surface area contributed by atoms with Crippen molar-refractivity contribution in [2.75, 3.05) is 21.0 Å². The lowest BCUT2D eigenvalue weighted by molar-refractivity contribution is 0.172. The van der Waals surface area contributed by atoms with E-state index in [0.717, 1.165) is 29.4 Å². The van der Waals surface area contributed by atoms with Crippen molar-refractivity contribution in [3.63, 3.8) is 0 Å². The Balaban J connectivity index is 1.89. The van der Waals surface area contributed by atoms with Gasteiger partial charge < -0.3 is 18.9 Å². The Morgan fingerprint density at radius 1 is 0.960 bits per heavy atom. The maximum atomic E-state index is 5.86. The predicted octanol–water partition coefficient (Wildman–Crippen LogP) is 4.39. The van der Waals surface area contributed by atoms with Gasteiger partial charge in [-0.2, -0.15) is 0 Å². The highest BCUT2D eigenvalue weighted by atomic mass is 16.7. The zero-order valence-electron chi connectivity index (χ0n) is 15.2. The Kier molecular flexibility index (Phi) is 3.98. The molecule has 0 spiro atoms. The molecular formula is C21H24O4. The van der Waals surface area contributed by atoms with E-state index in [1.54, 1.807) is 14.2 Å². The van der Waals surface area contributed by atoms with Gasteiger partial charge in [0.05, 0.1) is 14.2 Å². The zero-order chi connectivity index (χ0) is 17.6. The molecule has 4 heteroatoms. The molecule has 0 saturated carbocycles. The van der Waals surface area contributed by atoms with Crippen LogP contribution in [-0.2, 0) is 6.42 Å². The molecule has 4 nitrogen and oxygen atoms in total. The highest BCUT2D eigenvalue weighted by Gasteiger charge is 2.37. The predicted molar refractivity (Wildman–Crippen MR) is 96.0 cm³/mol. The summed E-state index contributed by atoms with van der Waals surface area (Å²) in [6, 6.07) is 10.4. The Bertz CT molecular complexity index is 799. The summed E-state index contributed by atoms with van der Waals surface area (Å²) < 4.78 is 22.4. The summed E-state index contributed by atoms with van der Waals surface area (Å²) in [5.74, 6) is 4.60. The van der Waals surface area contributed by atoms with Gasteiger partial charge in [-0.15, -0.1) is 0 Å². The monoisotopic (exact) mass is 340 g/mol. The van der Waals surface area contributed by atoms with Gasteiger partial charge in [0.1, 0.15) is 0 Å². The van der Waals surface area contributed by atoms with Gasteiger partial charge >= 0.3 is 0 Å². The molecule has 0 amide bonds. The van der Waals surface area contributed by atoms with Crippen molar-refractivity contribution < 1.29 is 18.9 Å². The minimum atomic E-state index is 0.246. The van der Waals surface area contributed by atoms with Crippen LogP contribution in [0.4, 0.5) is 0 Å². The van der Waals surface area contributed by atoms with Crippen LogP contribution in [-0.4, -0.2) is 21.0 Å². The first-order valence-electron chi connectivity index (χ1n) is 8.77. The second kappa shape index (κ2) is 6.17. The van der Waals surface area contributed by atoms with Crippen molar-refractivity contribution in [3.05, 3.63) is 47.0 Å². The van der Waals surface area contributed by atoms with Crippen LogP contribution in [0.3, 0.4) is 0 Å². The van der Waals surface area contributed by atoms with E-state index in [1.807, 2.05) is 12.1 Å². The van der Waals surface area contributed by atoms with Crippen molar-refractivity contribution >= 4 is 0 Å². The molecule has 0 saturated heterocycles. The van der Waals surface area contributed by atoms with Gasteiger partial charge in [0.2, 0.25) is 6.79 Å². The molecule has 1 aliphatic heterocycles. The number of hydrogen-bond acceptors (Lipinski definition) is 4. The van der Waals surface area contributed by atoms with Crippen molar-refractivity contribution in [2.24, 2.45) is 11.8 Å². The molecule has 2 aromatic rings. The smallest absolute Gasteiger partial charge is 0.231 e. The standard InChI is InChI=1S/C21H24O4/c1-12-9-14-6-8-17-21(25-11-24-17)20(14)19(13(12)2)15-5-7-16(22-3)18(10-15)23-4/h5-8,10,12-13,19H,9,11H2,1-4H3/t12-,13+,19-/m1/s1. The van der Waals surface area contributed by atoms with Crippen LogP contribution in [0.15, 0.2) is 30.3 Å². The van der Waals surface area contributed by atoms with Crippen LogP contribution >= 0.6 is 0 Å². The average Bonchev–Trinajstić information content (AvgIpc) is 3.11. The Labute approximate surface area is 148 Å². The van der Waals surface area contributed by atoms with Crippen LogP contribution < -0.4 is 18.9 Å². The average molecular weight is 340 g/mol. The van der Waals surface area contributed by atoms with E-state index >= 15 is 0 Å². The SMILES string of the molecule is COc1ccc([C@@H]2c3c(ccc4c3OCO4)C[C@@H](C)[C@@H]2C)cc1OC. The maximum absolute atomic E-state index is 5.86. The van der Waals surface area contributed by atoms with Crippen LogP contribution in [0.2, 0.25) is 0 Å². The fourth-order valence-corrected chi connectivity index (χ4v) is 4.19. The number of methoxy groups -OCH3 is 2. The van der Waals surface area contributed by atoms with E-state index in [0.29, 0.717) is 18.6 Å². The van der Waals surface area contributed by atoms with Crippen LogP contribution in [0.1, 0.15) is 36.5 Å². The summed E-state index contributed by atoms with van der Waals surface area (Å²) >= 11 is 0. The van der Waals surface area contributed by atoms with E-state index in [4.69, 9.17) is 18.9 Å². The lowest BCUT2D eigenvalue weighted by atomic mass is 9.67. The van der Waals surface area contributed by atoms with E-state index in [9.17, 15) is 0 Å². The number of fused-ring (bicyclic) bond motifs is 3. The molecule has 2 aromatic carbocycles. The molecule has 1 aliphatic carbocycles. The van der Waals surface area contributed by atoms with Gasteiger partial charge in [0.25, 0.3) is 0 Å². The maximum Gasteiger partial charge on any atom is 0.231 e. The zero-order valence-corrected chi connectivity index (χ0v) is 15.2. The van der Waals surface area contributed by atoms with E-state index in [2.05, 4.69) is 32.0 Å². The molecule has 132 valence electrons. The molecule has 1 heterocycles. The normalized spacial score (nSPS) is 23.9. The lowest BCUT2D eigenvalue weighted by Crippen LogP contribution is -2.27. The molecule has 4 rings (SSSR count). The second-order valence-electron chi connectivity index (χ2n) is 7.00. The first-order valence-corrected chi connectivity index (χ1v) is 8.77. The van der Waals surface area contributed by atoms with Crippen LogP contribution in [0.25, 0.3) is 0 Å². The van der Waals surface area contributed by atoms with Gasteiger partial charge in [-0.25, -0.2) is 0 Å². The minimum Gasteiger partial charge on any atom is -0.493 e. The summed E-state index contributed by atoms with van der Waals surface area (Å²) in [4.78, 5) is 0.